The molecule has 0 saturated heterocycles. The van der Waals surface area contributed by atoms with Gasteiger partial charge in [0.05, 0.1) is 17.3 Å². The predicted octanol–water partition coefficient (Wildman–Crippen LogP) is 1.55. The molecular weight excluding hydrogens is 225 g/mol. The number of carbonyl (C=O) groups excluding carboxylic acids is 1. The van der Waals surface area contributed by atoms with Crippen molar-refractivity contribution in [3.8, 4) is 0 Å². The first-order valence-corrected chi connectivity index (χ1v) is 4.59. The third-order valence-electron chi connectivity index (χ3n) is 1.91. The molecule has 1 amide bonds. The Morgan fingerprint density at radius 3 is 2.50 bits per heavy atom. The summed E-state index contributed by atoms with van der Waals surface area (Å²) in [4.78, 5) is 18.8. The topological polar surface area (TPSA) is 68.9 Å². The molecule has 1 aromatic heterocycles. The van der Waals surface area contributed by atoms with Crippen LogP contribution in [0.5, 0.6) is 0 Å². The molecule has 0 aromatic carbocycles. The third-order valence-corrected chi connectivity index (χ3v) is 2.35. The molecule has 0 aliphatic heterocycles. The van der Waals surface area contributed by atoms with Crippen LogP contribution >= 0.6 is 23.2 Å². The van der Waals surface area contributed by atoms with E-state index in [-0.39, 0.29) is 10.3 Å². The first kappa shape index (κ1) is 11.2. The molecule has 6 heteroatoms. The molecule has 0 aliphatic carbocycles. The van der Waals surface area contributed by atoms with E-state index in [2.05, 4.69) is 9.97 Å². The van der Waals surface area contributed by atoms with E-state index in [0.717, 1.165) is 0 Å². The van der Waals surface area contributed by atoms with E-state index in [1.807, 2.05) is 0 Å². The van der Waals surface area contributed by atoms with Crippen LogP contribution in [-0.4, -0.2) is 15.9 Å². The number of nitrogens with two attached hydrogens (primary N) is 1. The van der Waals surface area contributed by atoms with E-state index < -0.39 is 11.3 Å². The van der Waals surface area contributed by atoms with Gasteiger partial charge in [0.1, 0.15) is 5.15 Å². The Morgan fingerprint density at radius 1 is 1.50 bits per heavy atom. The quantitative estimate of drug-likeness (QED) is 0.843. The number of hydrogen-bond donors (Lipinski definition) is 1. The fraction of sp³-hybridized carbons (Fsp3) is 0.375. The van der Waals surface area contributed by atoms with Crippen LogP contribution in [0.4, 0.5) is 0 Å². The van der Waals surface area contributed by atoms with Crippen molar-refractivity contribution >= 4 is 29.1 Å². The monoisotopic (exact) mass is 233 g/mol. The zero-order valence-electron chi connectivity index (χ0n) is 7.71. The second-order valence-corrected chi connectivity index (χ2v) is 4.07. The van der Waals surface area contributed by atoms with Crippen molar-refractivity contribution in [2.75, 3.05) is 0 Å². The van der Waals surface area contributed by atoms with Gasteiger partial charge >= 0.3 is 0 Å². The van der Waals surface area contributed by atoms with Crippen molar-refractivity contribution in [3.05, 3.63) is 22.2 Å². The molecule has 14 heavy (non-hydrogen) atoms. The van der Waals surface area contributed by atoms with Gasteiger partial charge in [-0.1, -0.05) is 23.2 Å². The molecule has 0 aliphatic rings. The molecule has 0 unspecified atom stereocenters. The lowest BCUT2D eigenvalue weighted by Crippen LogP contribution is -2.36. The smallest absolute Gasteiger partial charge is 0.229 e. The highest BCUT2D eigenvalue weighted by molar-refractivity contribution is 6.32. The van der Waals surface area contributed by atoms with Gasteiger partial charge in [0.15, 0.2) is 5.15 Å². The number of halogens is 2. The molecule has 0 saturated carbocycles. The van der Waals surface area contributed by atoms with Crippen LogP contribution in [0.15, 0.2) is 6.20 Å². The zero-order chi connectivity index (χ0) is 10.9. The number of hydrogen-bond acceptors (Lipinski definition) is 3. The molecule has 76 valence electrons. The van der Waals surface area contributed by atoms with E-state index in [4.69, 9.17) is 28.9 Å². The minimum atomic E-state index is -0.950. The highest BCUT2D eigenvalue weighted by atomic mass is 35.5. The van der Waals surface area contributed by atoms with E-state index in [1.54, 1.807) is 13.8 Å². The van der Waals surface area contributed by atoms with Gasteiger partial charge in [-0.25, -0.2) is 4.98 Å². The van der Waals surface area contributed by atoms with Gasteiger partial charge in [-0.3, -0.25) is 9.78 Å². The minimum absolute atomic E-state index is 0.0984. The van der Waals surface area contributed by atoms with E-state index >= 15 is 0 Å². The van der Waals surface area contributed by atoms with Gasteiger partial charge in [0.25, 0.3) is 0 Å². The van der Waals surface area contributed by atoms with Crippen LogP contribution < -0.4 is 5.73 Å². The molecule has 2 N–H and O–H groups in total. The van der Waals surface area contributed by atoms with Crippen molar-refractivity contribution in [2.24, 2.45) is 5.73 Å². The fourth-order valence-corrected chi connectivity index (χ4v) is 1.44. The Kier molecular flexibility index (Phi) is 2.97. The number of amides is 1. The van der Waals surface area contributed by atoms with Crippen molar-refractivity contribution < 1.29 is 4.79 Å². The van der Waals surface area contributed by atoms with Crippen LogP contribution in [0.25, 0.3) is 0 Å². The van der Waals surface area contributed by atoms with Crippen molar-refractivity contribution in [1.29, 1.82) is 0 Å². The summed E-state index contributed by atoms with van der Waals surface area (Å²) in [5.74, 6) is -0.518. The first-order valence-electron chi connectivity index (χ1n) is 3.84. The van der Waals surface area contributed by atoms with E-state index in [1.165, 1.54) is 6.20 Å². The average molecular weight is 234 g/mol. The molecule has 4 nitrogen and oxygen atoms in total. The summed E-state index contributed by atoms with van der Waals surface area (Å²) in [7, 11) is 0. The maximum absolute atomic E-state index is 11.1. The van der Waals surface area contributed by atoms with E-state index in [0.29, 0.717) is 5.69 Å². The Labute approximate surface area is 91.4 Å². The van der Waals surface area contributed by atoms with Crippen molar-refractivity contribution in [2.45, 2.75) is 19.3 Å². The molecular formula is C8H9Cl2N3O. The second kappa shape index (κ2) is 3.71. The fourth-order valence-electron chi connectivity index (χ4n) is 0.883. The summed E-state index contributed by atoms with van der Waals surface area (Å²) in [6.45, 7) is 3.25. The lowest BCUT2D eigenvalue weighted by molar-refractivity contribution is -0.122. The van der Waals surface area contributed by atoms with Crippen LogP contribution in [0.3, 0.4) is 0 Å². The Hall–Kier alpha value is -0.870. The Morgan fingerprint density at radius 2 is 2.07 bits per heavy atom. The highest BCUT2D eigenvalue weighted by Gasteiger charge is 2.31. The summed E-state index contributed by atoms with van der Waals surface area (Å²) >= 11 is 11.4. The van der Waals surface area contributed by atoms with Gasteiger partial charge in [0, 0.05) is 0 Å². The van der Waals surface area contributed by atoms with Crippen molar-refractivity contribution in [1.82, 2.24) is 9.97 Å². The van der Waals surface area contributed by atoms with Crippen LogP contribution in [0, 0.1) is 0 Å². The third kappa shape index (κ3) is 1.96. The molecule has 0 bridgehead atoms. The average Bonchev–Trinajstić information content (AvgIpc) is 2.02. The lowest BCUT2D eigenvalue weighted by Gasteiger charge is -2.19. The Bertz CT molecular complexity index is 379. The first-order chi connectivity index (χ1) is 6.35. The summed E-state index contributed by atoms with van der Waals surface area (Å²) in [5, 5.41) is 0.278. The molecule has 1 heterocycles. The molecule has 0 radical (unpaired) electrons. The molecule has 0 fully saturated rings. The molecule has 0 atom stereocenters. The SMILES string of the molecule is CC(C)(C(N)=O)c1ncc(Cl)nc1Cl. The zero-order valence-corrected chi connectivity index (χ0v) is 9.23. The minimum Gasteiger partial charge on any atom is -0.369 e. The summed E-state index contributed by atoms with van der Waals surface area (Å²) < 4.78 is 0. The van der Waals surface area contributed by atoms with Gasteiger partial charge < -0.3 is 5.73 Å². The van der Waals surface area contributed by atoms with Gasteiger partial charge in [-0.15, -0.1) is 0 Å². The van der Waals surface area contributed by atoms with E-state index in [9.17, 15) is 4.79 Å². The maximum atomic E-state index is 11.1. The largest absolute Gasteiger partial charge is 0.369 e. The normalized spacial score (nSPS) is 11.4. The summed E-state index contributed by atoms with van der Waals surface area (Å²) in [5.41, 5.74) is 4.59. The predicted molar refractivity (Wildman–Crippen MR) is 54.3 cm³/mol. The maximum Gasteiger partial charge on any atom is 0.229 e. The number of primary amides is 1. The number of nitrogens with zero attached hydrogens (tertiary/aromatic N) is 2. The lowest BCUT2D eigenvalue weighted by atomic mass is 9.89. The highest BCUT2D eigenvalue weighted by Crippen LogP contribution is 2.26. The van der Waals surface area contributed by atoms with Gasteiger partial charge in [-0.05, 0) is 13.8 Å². The van der Waals surface area contributed by atoms with Crippen LogP contribution in [0.1, 0.15) is 19.5 Å². The van der Waals surface area contributed by atoms with Crippen LogP contribution in [0.2, 0.25) is 10.3 Å². The van der Waals surface area contributed by atoms with Gasteiger partial charge in [-0.2, -0.15) is 0 Å². The number of carbonyl (C=O) groups is 1. The number of aromatic nitrogens is 2. The van der Waals surface area contributed by atoms with Crippen LogP contribution in [-0.2, 0) is 10.2 Å². The standard InChI is InChI=1S/C8H9Cl2N3O/c1-8(2,7(11)14)5-6(10)13-4(9)3-12-5/h3H,1-2H3,(H2,11,14). The Balaban J connectivity index is 3.26. The summed E-state index contributed by atoms with van der Waals surface area (Å²) in [6, 6.07) is 0. The summed E-state index contributed by atoms with van der Waals surface area (Å²) in [6.07, 6.45) is 1.33. The molecule has 1 aromatic rings. The molecule has 1 rings (SSSR count). The second-order valence-electron chi connectivity index (χ2n) is 3.32. The van der Waals surface area contributed by atoms with Crippen molar-refractivity contribution in [3.63, 3.8) is 0 Å². The number of rotatable bonds is 2. The molecule has 0 spiro atoms. The van der Waals surface area contributed by atoms with Gasteiger partial charge in [0.2, 0.25) is 5.91 Å².